The van der Waals surface area contributed by atoms with Crippen LogP contribution < -0.4 is 4.74 Å². The lowest BCUT2D eigenvalue weighted by Crippen LogP contribution is -2.27. The minimum absolute atomic E-state index is 0.0834. The van der Waals surface area contributed by atoms with E-state index in [0.29, 0.717) is 25.8 Å². The number of carboxylic acids is 1. The van der Waals surface area contributed by atoms with E-state index < -0.39 is 5.97 Å². The highest BCUT2D eigenvalue weighted by Crippen LogP contribution is 2.13. The average Bonchev–Trinajstić information content (AvgIpc) is 2.51. The molecule has 0 fully saturated rings. The minimum Gasteiger partial charge on any atom is -0.497 e. The van der Waals surface area contributed by atoms with E-state index in [1.54, 1.807) is 19.1 Å². The van der Waals surface area contributed by atoms with Crippen molar-refractivity contribution < 1.29 is 19.4 Å². The zero-order valence-corrected chi connectivity index (χ0v) is 13.4. The summed E-state index contributed by atoms with van der Waals surface area (Å²) in [6.45, 7) is 0.712. The van der Waals surface area contributed by atoms with Crippen LogP contribution in [0.3, 0.4) is 0 Å². The van der Waals surface area contributed by atoms with E-state index in [-0.39, 0.29) is 12.3 Å². The molecular formula is C17H25NO4. The predicted octanol–water partition coefficient (Wildman–Crippen LogP) is 2.73. The molecule has 5 nitrogen and oxygen atoms in total. The molecule has 0 bridgehead atoms. The molecule has 0 heterocycles. The fraction of sp³-hybridized carbons (Fsp3) is 0.529. The Labute approximate surface area is 131 Å². The van der Waals surface area contributed by atoms with Gasteiger partial charge < -0.3 is 14.7 Å². The number of carbonyl (C=O) groups excluding carboxylic acids is 1. The van der Waals surface area contributed by atoms with Crippen LogP contribution >= 0.6 is 0 Å². The van der Waals surface area contributed by atoms with Gasteiger partial charge in [-0.1, -0.05) is 12.1 Å². The van der Waals surface area contributed by atoms with Gasteiger partial charge in [0.1, 0.15) is 5.75 Å². The predicted molar refractivity (Wildman–Crippen MR) is 85.1 cm³/mol. The van der Waals surface area contributed by atoms with Gasteiger partial charge in [-0.2, -0.15) is 0 Å². The third kappa shape index (κ3) is 7.11. The molecule has 22 heavy (non-hydrogen) atoms. The molecule has 0 aliphatic rings. The number of hydrogen-bond donors (Lipinski definition) is 1. The summed E-state index contributed by atoms with van der Waals surface area (Å²) in [6.07, 6.45) is 3.57. The van der Waals surface area contributed by atoms with Crippen molar-refractivity contribution in [2.75, 3.05) is 20.7 Å². The molecule has 1 N–H and O–H groups in total. The Bertz CT molecular complexity index is 470. The van der Waals surface area contributed by atoms with Crippen molar-refractivity contribution in [3.8, 4) is 5.75 Å². The maximum Gasteiger partial charge on any atom is 0.303 e. The summed E-state index contributed by atoms with van der Waals surface area (Å²) in [5, 5.41) is 8.54. The number of carboxylic acid groups (broad SMARTS) is 1. The van der Waals surface area contributed by atoms with Gasteiger partial charge in [-0.3, -0.25) is 9.59 Å². The van der Waals surface area contributed by atoms with E-state index in [0.717, 1.165) is 18.6 Å². The number of carbonyl (C=O) groups is 2. The second-order valence-corrected chi connectivity index (χ2v) is 5.37. The lowest BCUT2D eigenvalue weighted by molar-refractivity contribution is -0.137. The first-order valence-corrected chi connectivity index (χ1v) is 7.61. The molecule has 0 saturated heterocycles. The second-order valence-electron chi connectivity index (χ2n) is 5.37. The molecule has 1 aromatic carbocycles. The van der Waals surface area contributed by atoms with Crippen LogP contribution in [0.2, 0.25) is 0 Å². The summed E-state index contributed by atoms with van der Waals surface area (Å²) < 4.78 is 5.12. The molecule has 0 aromatic heterocycles. The highest BCUT2D eigenvalue weighted by Gasteiger charge is 2.08. The first-order valence-electron chi connectivity index (χ1n) is 7.61. The summed E-state index contributed by atoms with van der Waals surface area (Å²) in [5.74, 6) is 0.123. The number of aryl methyl sites for hydroxylation is 1. The van der Waals surface area contributed by atoms with Crippen LogP contribution in [0.4, 0.5) is 0 Å². The first kappa shape index (κ1) is 18.0. The van der Waals surface area contributed by atoms with Crippen molar-refractivity contribution in [3.63, 3.8) is 0 Å². The smallest absolute Gasteiger partial charge is 0.303 e. The first-order chi connectivity index (χ1) is 10.5. The molecule has 0 spiro atoms. The third-order valence-corrected chi connectivity index (χ3v) is 3.58. The molecule has 1 aromatic rings. The Morgan fingerprint density at radius 1 is 1.09 bits per heavy atom. The third-order valence-electron chi connectivity index (χ3n) is 3.58. The monoisotopic (exact) mass is 307 g/mol. The number of methoxy groups -OCH3 is 1. The van der Waals surface area contributed by atoms with E-state index in [9.17, 15) is 9.59 Å². The summed E-state index contributed by atoms with van der Waals surface area (Å²) in [5.41, 5.74) is 1.23. The number of nitrogens with zero attached hydrogens (tertiary/aromatic N) is 1. The van der Waals surface area contributed by atoms with Crippen LogP contribution in [0, 0.1) is 0 Å². The SMILES string of the molecule is COc1ccc(CCCN(C)C(=O)CCCCC(=O)O)cc1. The number of benzene rings is 1. The van der Waals surface area contributed by atoms with Crippen LogP contribution in [0.25, 0.3) is 0 Å². The molecule has 122 valence electrons. The summed E-state index contributed by atoms with van der Waals surface area (Å²) in [4.78, 5) is 24.0. The van der Waals surface area contributed by atoms with Crippen molar-refractivity contribution in [2.24, 2.45) is 0 Å². The van der Waals surface area contributed by atoms with Gasteiger partial charge in [0.15, 0.2) is 0 Å². The number of unbranched alkanes of at least 4 members (excludes halogenated alkanes) is 1. The topological polar surface area (TPSA) is 66.8 Å². The zero-order valence-electron chi connectivity index (χ0n) is 13.4. The van der Waals surface area contributed by atoms with Crippen LogP contribution in [-0.2, 0) is 16.0 Å². The molecule has 0 atom stereocenters. The molecule has 1 amide bonds. The van der Waals surface area contributed by atoms with Gasteiger partial charge in [0.05, 0.1) is 7.11 Å². The van der Waals surface area contributed by atoms with E-state index >= 15 is 0 Å². The van der Waals surface area contributed by atoms with E-state index in [2.05, 4.69) is 0 Å². The van der Waals surface area contributed by atoms with Crippen LogP contribution in [0.15, 0.2) is 24.3 Å². The molecule has 0 unspecified atom stereocenters. The Morgan fingerprint density at radius 3 is 2.32 bits per heavy atom. The molecule has 0 radical (unpaired) electrons. The van der Waals surface area contributed by atoms with Gasteiger partial charge >= 0.3 is 5.97 Å². The van der Waals surface area contributed by atoms with Gasteiger partial charge in [-0.25, -0.2) is 0 Å². The van der Waals surface area contributed by atoms with Gasteiger partial charge in [-0.15, -0.1) is 0 Å². The number of hydrogen-bond acceptors (Lipinski definition) is 3. The van der Waals surface area contributed by atoms with Gasteiger partial charge in [0.25, 0.3) is 0 Å². The molecule has 0 saturated carbocycles. The average molecular weight is 307 g/mol. The zero-order chi connectivity index (χ0) is 16.4. The fourth-order valence-electron chi connectivity index (χ4n) is 2.18. The molecule has 5 heteroatoms. The van der Waals surface area contributed by atoms with Crippen LogP contribution in [0.5, 0.6) is 5.75 Å². The number of rotatable bonds is 10. The summed E-state index contributed by atoms with van der Waals surface area (Å²) in [6, 6.07) is 7.94. The number of aliphatic carboxylic acids is 1. The highest BCUT2D eigenvalue weighted by atomic mass is 16.5. The summed E-state index contributed by atoms with van der Waals surface area (Å²) in [7, 11) is 3.44. The van der Waals surface area contributed by atoms with Gasteiger partial charge in [0, 0.05) is 26.4 Å². The maximum absolute atomic E-state index is 11.9. The highest BCUT2D eigenvalue weighted by molar-refractivity contribution is 5.75. The van der Waals surface area contributed by atoms with E-state index in [4.69, 9.17) is 9.84 Å². The van der Waals surface area contributed by atoms with E-state index in [1.807, 2.05) is 24.3 Å². The molecule has 0 aliphatic heterocycles. The van der Waals surface area contributed by atoms with Gasteiger partial charge in [0.2, 0.25) is 5.91 Å². The molecule has 1 rings (SSSR count). The van der Waals surface area contributed by atoms with Crippen molar-refractivity contribution in [1.29, 1.82) is 0 Å². The van der Waals surface area contributed by atoms with Gasteiger partial charge in [-0.05, 0) is 43.4 Å². The Balaban J connectivity index is 2.19. The Morgan fingerprint density at radius 2 is 1.73 bits per heavy atom. The number of amides is 1. The maximum atomic E-state index is 11.9. The van der Waals surface area contributed by atoms with Crippen molar-refractivity contribution in [3.05, 3.63) is 29.8 Å². The standard InChI is InChI=1S/C17H25NO4/c1-18(16(19)7-3-4-8-17(20)21)13-5-6-14-9-11-15(22-2)12-10-14/h9-12H,3-8,13H2,1-2H3,(H,20,21). The fourth-order valence-corrected chi connectivity index (χ4v) is 2.18. The molecular weight excluding hydrogens is 282 g/mol. The minimum atomic E-state index is -0.805. The lowest BCUT2D eigenvalue weighted by atomic mass is 10.1. The number of ether oxygens (including phenoxy) is 1. The quantitative estimate of drug-likeness (QED) is 0.675. The van der Waals surface area contributed by atoms with Crippen LogP contribution in [0.1, 0.15) is 37.7 Å². The van der Waals surface area contributed by atoms with Crippen molar-refractivity contribution in [1.82, 2.24) is 4.90 Å². The second kappa shape index (κ2) is 9.82. The van der Waals surface area contributed by atoms with Crippen LogP contribution in [-0.4, -0.2) is 42.6 Å². The lowest BCUT2D eigenvalue weighted by Gasteiger charge is -2.17. The Hall–Kier alpha value is -2.04. The van der Waals surface area contributed by atoms with Crippen molar-refractivity contribution >= 4 is 11.9 Å². The summed E-state index contributed by atoms with van der Waals surface area (Å²) >= 11 is 0. The Kier molecular flexibility index (Phi) is 8.04. The normalized spacial score (nSPS) is 10.3. The largest absolute Gasteiger partial charge is 0.497 e. The molecule has 0 aliphatic carbocycles. The van der Waals surface area contributed by atoms with Crippen molar-refractivity contribution in [2.45, 2.75) is 38.5 Å². The van der Waals surface area contributed by atoms with E-state index in [1.165, 1.54) is 5.56 Å².